The summed E-state index contributed by atoms with van der Waals surface area (Å²) >= 11 is 1.95. The highest BCUT2D eigenvalue weighted by atomic mass is 32.2. The van der Waals surface area contributed by atoms with Gasteiger partial charge in [0, 0.05) is 23.7 Å². The molecule has 3 rings (SSSR count). The predicted molar refractivity (Wildman–Crippen MR) is 66.2 cm³/mol. The van der Waals surface area contributed by atoms with Crippen molar-refractivity contribution in [2.45, 2.75) is 18.5 Å². The summed E-state index contributed by atoms with van der Waals surface area (Å²) in [6.45, 7) is 0. The number of hydrogen-bond donors (Lipinski definition) is 2. The van der Waals surface area contributed by atoms with Crippen LogP contribution in [0.3, 0.4) is 0 Å². The minimum absolute atomic E-state index is 0.0234. The van der Waals surface area contributed by atoms with Crippen LogP contribution in [0, 0.1) is 11.7 Å². The molecular weight excluding hydrogens is 223 g/mol. The topological polar surface area (TPSA) is 38.0 Å². The summed E-state index contributed by atoms with van der Waals surface area (Å²) in [4.78, 5) is 0. The number of nitrogens with one attached hydrogen (secondary N) is 1. The van der Waals surface area contributed by atoms with Crippen molar-refractivity contribution in [2.24, 2.45) is 11.7 Å². The molecule has 16 heavy (non-hydrogen) atoms. The molecule has 0 radical (unpaired) electrons. The van der Waals surface area contributed by atoms with Crippen molar-refractivity contribution in [2.75, 3.05) is 16.8 Å². The van der Waals surface area contributed by atoms with E-state index in [9.17, 15) is 4.39 Å². The first-order valence-electron chi connectivity index (χ1n) is 5.65. The van der Waals surface area contributed by atoms with E-state index in [4.69, 9.17) is 5.73 Å². The second kappa shape index (κ2) is 3.93. The second-order valence-electron chi connectivity index (χ2n) is 4.54. The molecule has 0 aliphatic carbocycles. The van der Waals surface area contributed by atoms with Gasteiger partial charge < -0.3 is 11.1 Å². The van der Waals surface area contributed by atoms with Gasteiger partial charge in [0.25, 0.3) is 0 Å². The van der Waals surface area contributed by atoms with Crippen molar-refractivity contribution < 1.29 is 4.39 Å². The minimum Gasteiger partial charge on any atom is -0.382 e. The molecule has 0 amide bonds. The normalized spacial score (nSPS) is 32.5. The van der Waals surface area contributed by atoms with Crippen LogP contribution in [-0.4, -0.2) is 17.5 Å². The van der Waals surface area contributed by atoms with Crippen LogP contribution in [-0.2, 0) is 0 Å². The van der Waals surface area contributed by atoms with E-state index in [1.54, 1.807) is 6.07 Å². The van der Waals surface area contributed by atoms with Gasteiger partial charge in [0.1, 0.15) is 5.82 Å². The largest absolute Gasteiger partial charge is 0.382 e. The fourth-order valence-corrected chi connectivity index (χ4v) is 3.96. The summed E-state index contributed by atoms with van der Waals surface area (Å²) in [5, 5.41) is 3.50. The van der Waals surface area contributed by atoms with E-state index in [1.165, 1.54) is 11.8 Å². The van der Waals surface area contributed by atoms with Gasteiger partial charge in [-0.3, -0.25) is 0 Å². The van der Waals surface area contributed by atoms with E-state index in [1.807, 2.05) is 17.8 Å². The van der Waals surface area contributed by atoms with Crippen molar-refractivity contribution in [3.8, 4) is 0 Å². The van der Waals surface area contributed by atoms with Crippen LogP contribution in [0.25, 0.3) is 0 Å². The molecule has 86 valence electrons. The lowest BCUT2D eigenvalue weighted by Crippen LogP contribution is -2.44. The van der Waals surface area contributed by atoms with Crippen LogP contribution in [0.4, 0.5) is 10.1 Å². The number of hydrogen-bond acceptors (Lipinski definition) is 3. The maximum absolute atomic E-state index is 13.2. The second-order valence-corrected chi connectivity index (χ2v) is 5.69. The number of benzene rings is 1. The van der Waals surface area contributed by atoms with E-state index in [2.05, 4.69) is 5.32 Å². The predicted octanol–water partition coefficient (Wildman–Crippen LogP) is 2.37. The zero-order valence-electron chi connectivity index (χ0n) is 8.95. The number of nitrogens with two attached hydrogens (primary N) is 1. The Morgan fingerprint density at radius 2 is 2.31 bits per heavy atom. The quantitative estimate of drug-likeness (QED) is 0.728. The molecule has 2 aliphatic rings. The van der Waals surface area contributed by atoms with Crippen LogP contribution >= 0.6 is 11.8 Å². The van der Waals surface area contributed by atoms with Crippen molar-refractivity contribution in [1.29, 1.82) is 0 Å². The molecule has 1 saturated heterocycles. The molecule has 3 unspecified atom stereocenters. The van der Waals surface area contributed by atoms with Gasteiger partial charge in [-0.2, -0.15) is 11.8 Å². The highest BCUT2D eigenvalue weighted by molar-refractivity contribution is 7.99. The third-order valence-electron chi connectivity index (χ3n) is 3.58. The first kappa shape index (κ1) is 10.4. The van der Waals surface area contributed by atoms with Crippen LogP contribution < -0.4 is 11.1 Å². The summed E-state index contributed by atoms with van der Waals surface area (Å²) in [5.74, 6) is 2.51. The zero-order valence-corrected chi connectivity index (χ0v) is 9.77. The van der Waals surface area contributed by atoms with E-state index < -0.39 is 0 Å². The lowest BCUT2D eigenvalue weighted by molar-refractivity contribution is 0.380. The first-order valence-corrected chi connectivity index (χ1v) is 6.80. The number of halogens is 1. The van der Waals surface area contributed by atoms with Crippen LogP contribution in [0.15, 0.2) is 18.2 Å². The first-order chi connectivity index (χ1) is 7.75. The monoisotopic (exact) mass is 238 g/mol. The van der Waals surface area contributed by atoms with Crippen molar-refractivity contribution in [3.63, 3.8) is 0 Å². The van der Waals surface area contributed by atoms with Crippen molar-refractivity contribution in [3.05, 3.63) is 29.6 Å². The lowest BCUT2D eigenvalue weighted by Gasteiger charge is -2.41. The summed E-state index contributed by atoms with van der Waals surface area (Å²) in [6.07, 6.45) is 1.15. The molecule has 0 bridgehead atoms. The number of rotatable bonds is 0. The van der Waals surface area contributed by atoms with Gasteiger partial charge in [0.05, 0.1) is 0 Å². The van der Waals surface area contributed by atoms with Gasteiger partial charge >= 0.3 is 0 Å². The van der Waals surface area contributed by atoms with E-state index in [-0.39, 0.29) is 11.9 Å². The number of fused-ring (bicyclic) bond motifs is 2. The average Bonchev–Trinajstić information content (AvgIpc) is 2.31. The fraction of sp³-hybridized carbons (Fsp3) is 0.500. The molecule has 2 heterocycles. The fourth-order valence-electron chi connectivity index (χ4n) is 2.66. The van der Waals surface area contributed by atoms with E-state index in [0.717, 1.165) is 23.4 Å². The Morgan fingerprint density at radius 1 is 1.44 bits per heavy atom. The Labute approximate surface area is 98.8 Å². The van der Waals surface area contributed by atoms with Gasteiger partial charge in [-0.25, -0.2) is 4.39 Å². The van der Waals surface area contributed by atoms with Gasteiger partial charge in [-0.1, -0.05) is 0 Å². The van der Waals surface area contributed by atoms with Gasteiger partial charge in [-0.15, -0.1) is 0 Å². The molecule has 1 aromatic carbocycles. The Balaban J connectivity index is 2.00. The van der Waals surface area contributed by atoms with Gasteiger partial charge in [-0.05, 0) is 41.7 Å². The SMILES string of the molecule is NC1c2cc(F)ccc2NC2CCSCC21. The number of anilines is 1. The smallest absolute Gasteiger partial charge is 0.123 e. The molecule has 1 aromatic rings. The van der Waals surface area contributed by atoms with Crippen molar-refractivity contribution >= 4 is 17.4 Å². The molecular formula is C12H15FN2S. The van der Waals surface area contributed by atoms with Gasteiger partial charge in [0.2, 0.25) is 0 Å². The highest BCUT2D eigenvalue weighted by Gasteiger charge is 2.36. The summed E-state index contributed by atoms with van der Waals surface area (Å²) in [5.41, 5.74) is 8.20. The standard InChI is InChI=1S/C12H15FN2S/c13-7-1-2-10-8(5-7)12(14)9-6-16-4-3-11(9)15-10/h1-2,5,9,11-12,15H,3-4,6,14H2. The third-order valence-corrected chi connectivity index (χ3v) is 4.72. The Kier molecular flexibility index (Phi) is 2.56. The summed E-state index contributed by atoms with van der Waals surface area (Å²) in [6, 6.07) is 5.32. The highest BCUT2D eigenvalue weighted by Crippen LogP contribution is 2.40. The summed E-state index contributed by atoms with van der Waals surface area (Å²) < 4.78 is 13.2. The zero-order chi connectivity index (χ0) is 11.1. The Morgan fingerprint density at radius 3 is 3.19 bits per heavy atom. The molecule has 2 nitrogen and oxygen atoms in total. The van der Waals surface area contributed by atoms with Crippen LogP contribution in [0.1, 0.15) is 18.0 Å². The molecule has 2 aliphatic heterocycles. The van der Waals surface area contributed by atoms with E-state index >= 15 is 0 Å². The number of thioether (sulfide) groups is 1. The van der Waals surface area contributed by atoms with Gasteiger partial charge in [0.15, 0.2) is 0 Å². The molecule has 4 heteroatoms. The average molecular weight is 238 g/mol. The van der Waals surface area contributed by atoms with E-state index in [0.29, 0.717) is 12.0 Å². The molecule has 0 saturated carbocycles. The Hall–Kier alpha value is -0.740. The van der Waals surface area contributed by atoms with Crippen LogP contribution in [0.2, 0.25) is 0 Å². The molecule has 1 fully saturated rings. The lowest BCUT2D eigenvalue weighted by atomic mass is 9.83. The minimum atomic E-state index is -0.196. The van der Waals surface area contributed by atoms with Crippen LogP contribution in [0.5, 0.6) is 0 Å². The molecule has 0 aromatic heterocycles. The molecule has 0 spiro atoms. The maximum Gasteiger partial charge on any atom is 0.123 e. The Bertz CT molecular complexity index is 410. The third kappa shape index (κ3) is 1.60. The summed E-state index contributed by atoms with van der Waals surface area (Å²) in [7, 11) is 0. The van der Waals surface area contributed by atoms with Crippen molar-refractivity contribution in [1.82, 2.24) is 0 Å². The maximum atomic E-state index is 13.2. The molecule has 3 atom stereocenters. The molecule has 3 N–H and O–H groups in total.